The van der Waals surface area contributed by atoms with E-state index in [4.69, 9.17) is 0 Å². The molecule has 0 bridgehead atoms. The van der Waals surface area contributed by atoms with Crippen LogP contribution in [0.4, 0.5) is 4.79 Å². The molecule has 3 unspecified atom stereocenters. The molecule has 0 aromatic carbocycles. The number of nitrogens with zero attached hydrogens (tertiary/aromatic N) is 2. The van der Waals surface area contributed by atoms with Crippen LogP contribution in [0.25, 0.3) is 0 Å². The third-order valence-corrected chi connectivity index (χ3v) is 6.68. The molecule has 1 rings (SSSR count). The van der Waals surface area contributed by atoms with E-state index in [1.54, 1.807) is 11.9 Å². The zero-order valence-corrected chi connectivity index (χ0v) is 21.6. The number of nitrogens with one attached hydrogen (secondary N) is 2. The summed E-state index contributed by atoms with van der Waals surface area (Å²) in [5, 5.41) is 5.72. The molecule has 1 aliphatic rings. The van der Waals surface area contributed by atoms with Crippen LogP contribution < -0.4 is 10.6 Å². The first-order valence-electron chi connectivity index (χ1n) is 11.7. The standard InChI is InChI=1S/C24H46N4O3/c1-14(2)18-12-13-28(17(18)7)22(30)20(24(8,9)10)26-23(31)25-19(15(3)4)21(29)27(11)16(5)6/h14-20H,12-13H2,1-11H3,(H2,25,26,31)/t17?,18-,19?,20?/m1/s1. The van der Waals surface area contributed by atoms with Crippen molar-refractivity contribution in [2.45, 2.75) is 99.8 Å². The summed E-state index contributed by atoms with van der Waals surface area (Å²) in [6.07, 6.45) is 0.985. The number of likely N-dealkylation sites (N-methyl/N-ethyl adjacent to an activating group) is 1. The largest absolute Gasteiger partial charge is 0.342 e. The molecule has 1 heterocycles. The fourth-order valence-electron chi connectivity index (χ4n) is 4.28. The van der Waals surface area contributed by atoms with Crippen LogP contribution in [0.1, 0.15) is 75.7 Å². The van der Waals surface area contributed by atoms with E-state index in [9.17, 15) is 14.4 Å². The minimum Gasteiger partial charge on any atom is -0.342 e. The van der Waals surface area contributed by atoms with E-state index in [2.05, 4.69) is 31.4 Å². The molecule has 31 heavy (non-hydrogen) atoms. The number of carbonyl (C=O) groups is 3. The Balaban J connectivity index is 2.98. The van der Waals surface area contributed by atoms with Crippen molar-refractivity contribution in [3.8, 4) is 0 Å². The van der Waals surface area contributed by atoms with E-state index in [1.807, 2.05) is 53.4 Å². The SMILES string of the molecule is CC(C)C(NC(=O)NC(C(=O)N1CC[C@H](C(C)C)C1C)C(C)(C)C)C(=O)N(C)C(C)C. The van der Waals surface area contributed by atoms with Crippen LogP contribution in [-0.4, -0.2) is 65.4 Å². The lowest BCUT2D eigenvalue weighted by Gasteiger charge is -2.36. The lowest BCUT2D eigenvalue weighted by Crippen LogP contribution is -2.60. The number of hydrogen-bond acceptors (Lipinski definition) is 3. The molecule has 1 aliphatic heterocycles. The average Bonchev–Trinajstić information content (AvgIpc) is 3.02. The lowest BCUT2D eigenvalue weighted by atomic mass is 9.85. The van der Waals surface area contributed by atoms with E-state index < -0.39 is 23.5 Å². The summed E-state index contributed by atoms with van der Waals surface area (Å²) in [4.78, 5) is 42.8. The highest BCUT2D eigenvalue weighted by molar-refractivity contribution is 5.91. The van der Waals surface area contributed by atoms with Crippen LogP contribution >= 0.6 is 0 Å². The van der Waals surface area contributed by atoms with Crippen LogP contribution in [0.15, 0.2) is 0 Å². The van der Waals surface area contributed by atoms with Crippen LogP contribution in [0.3, 0.4) is 0 Å². The second kappa shape index (κ2) is 10.7. The van der Waals surface area contributed by atoms with Gasteiger partial charge in [0.1, 0.15) is 12.1 Å². The summed E-state index contributed by atoms with van der Waals surface area (Å²) in [6.45, 7) is 20.7. The summed E-state index contributed by atoms with van der Waals surface area (Å²) in [5.41, 5.74) is -0.462. The molecule has 4 atom stereocenters. The highest BCUT2D eigenvalue weighted by Crippen LogP contribution is 2.32. The Morgan fingerprint density at radius 3 is 1.94 bits per heavy atom. The van der Waals surface area contributed by atoms with Crippen molar-refractivity contribution in [1.82, 2.24) is 20.4 Å². The van der Waals surface area contributed by atoms with Crippen LogP contribution in [0, 0.1) is 23.2 Å². The lowest BCUT2D eigenvalue weighted by molar-refractivity contribution is -0.136. The van der Waals surface area contributed by atoms with Gasteiger partial charge in [-0.15, -0.1) is 0 Å². The quantitative estimate of drug-likeness (QED) is 0.638. The van der Waals surface area contributed by atoms with E-state index in [0.29, 0.717) is 18.4 Å². The van der Waals surface area contributed by atoms with Gasteiger partial charge < -0.3 is 20.4 Å². The van der Waals surface area contributed by atoms with Gasteiger partial charge in [-0.25, -0.2) is 4.79 Å². The molecular weight excluding hydrogens is 392 g/mol. The van der Waals surface area contributed by atoms with Crippen molar-refractivity contribution >= 4 is 17.8 Å². The van der Waals surface area contributed by atoms with Crippen molar-refractivity contribution in [3.63, 3.8) is 0 Å². The second-order valence-electron chi connectivity index (χ2n) is 11.2. The normalized spacial score (nSPS) is 21.4. The molecule has 2 N–H and O–H groups in total. The van der Waals surface area contributed by atoms with Crippen LogP contribution in [0.5, 0.6) is 0 Å². The molecule has 1 fully saturated rings. The van der Waals surface area contributed by atoms with Gasteiger partial charge >= 0.3 is 6.03 Å². The molecule has 1 saturated heterocycles. The van der Waals surface area contributed by atoms with Gasteiger partial charge in [-0.3, -0.25) is 9.59 Å². The maximum atomic E-state index is 13.5. The molecule has 180 valence electrons. The number of carbonyl (C=O) groups excluding carboxylic acids is 3. The van der Waals surface area contributed by atoms with Crippen LogP contribution in [0.2, 0.25) is 0 Å². The summed E-state index contributed by atoms with van der Waals surface area (Å²) in [7, 11) is 1.74. The van der Waals surface area contributed by atoms with E-state index in [1.165, 1.54) is 0 Å². The Morgan fingerprint density at radius 1 is 1.00 bits per heavy atom. The van der Waals surface area contributed by atoms with Crippen molar-refractivity contribution in [2.75, 3.05) is 13.6 Å². The van der Waals surface area contributed by atoms with Gasteiger partial charge in [0, 0.05) is 25.7 Å². The van der Waals surface area contributed by atoms with E-state index >= 15 is 0 Å². The number of likely N-dealkylation sites (tertiary alicyclic amines) is 1. The predicted octanol–water partition coefficient (Wildman–Crippen LogP) is 3.48. The monoisotopic (exact) mass is 438 g/mol. The van der Waals surface area contributed by atoms with Crippen molar-refractivity contribution in [3.05, 3.63) is 0 Å². The maximum absolute atomic E-state index is 13.5. The number of amides is 4. The maximum Gasteiger partial charge on any atom is 0.316 e. The zero-order valence-electron chi connectivity index (χ0n) is 21.6. The van der Waals surface area contributed by atoms with Gasteiger partial charge in [0.2, 0.25) is 11.8 Å². The first-order valence-corrected chi connectivity index (χ1v) is 11.7. The van der Waals surface area contributed by atoms with Gasteiger partial charge in [0.15, 0.2) is 0 Å². The van der Waals surface area contributed by atoms with Gasteiger partial charge in [-0.05, 0) is 50.4 Å². The Bertz CT molecular complexity index is 639. The molecule has 0 aromatic heterocycles. The molecule has 4 amide bonds. The molecule has 0 aliphatic carbocycles. The molecule has 7 nitrogen and oxygen atoms in total. The summed E-state index contributed by atoms with van der Waals surface area (Å²) in [6, 6.07) is -1.63. The third-order valence-electron chi connectivity index (χ3n) is 6.68. The first kappa shape index (κ1) is 27.2. The zero-order chi connectivity index (χ0) is 24.3. The molecule has 0 spiro atoms. The van der Waals surface area contributed by atoms with Crippen molar-refractivity contribution in [2.24, 2.45) is 23.2 Å². The highest BCUT2D eigenvalue weighted by Gasteiger charge is 2.42. The predicted molar refractivity (Wildman–Crippen MR) is 126 cm³/mol. The van der Waals surface area contributed by atoms with Gasteiger partial charge in [0.05, 0.1) is 0 Å². The topological polar surface area (TPSA) is 81.8 Å². The molecule has 0 aromatic rings. The average molecular weight is 439 g/mol. The second-order valence-corrected chi connectivity index (χ2v) is 11.2. The van der Waals surface area contributed by atoms with Gasteiger partial charge in [0.25, 0.3) is 0 Å². The Labute approximate surface area is 189 Å². The number of rotatable bonds is 7. The Hall–Kier alpha value is -1.79. The summed E-state index contributed by atoms with van der Waals surface area (Å²) >= 11 is 0. The molecule has 0 saturated carbocycles. The van der Waals surface area contributed by atoms with E-state index in [-0.39, 0.29) is 29.8 Å². The van der Waals surface area contributed by atoms with Crippen molar-refractivity contribution < 1.29 is 14.4 Å². The molecule has 7 heteroatoms. The number of hydrogen-bond donors (Lipinski definition) is 2. The smallest absolute Gasteiger partial charge is 0.316 e. The summed E-state index contributed by atoms with van der Waals surface area (Å²) in [5.74, 6) is 0.714. The highest BCUT2D eigenvalue weighted by atomic mass is 16.2. The Kier molecular flexibility index (Phi) is 9.39. The molecular formula is C24H46N4O3. The minimum atomic E-state index is -0.674. The first-order chi connectivity index (χ1) is 14.1. The fraction of sp³-hybridized carbons (Fsp3) is 0.875. The Morgan fingerprint density at radius 2 is 1.55 bits per heavy atom. The van der Waals surface area contributed by atoms with Crippen molar-refractivity contribution in [1.29, 1.82) is 0 Å². The summed E-state index contributed by atoms with van der Waals surface area (Å²) < 4.78 is 0. The van der Waals surface area contributed by atoms with Gasteiger partial charge in [-0.1, -0.05) is 48.5 Å². The number of urea groups is 1. The molecule has 0 radical (unpaired) electrons. The fourth-order valence-corrected chi connectivity index (χ4v) is 4.28. The third kappa shape index (κ3) is 6.84. The van der Waals surface area contributed by atoms with Gasteiger partial charge in [-0.2, -0.15) is 0 Å². The van der Waals surface area contributed by atoms with Crippen LogP contribution in [-0.2, 0) is 9.59 Å². The van der Waals surface area contributed by atoms with E-state index in [0.717, 1.165) is 6.42 Å². The minimum absolute atomic E-state index is 0.0352.